The monoisotopic (exact) mass is 278 g/mol. The van der Waals surface area contributed by atoms with E-state index in [2.05, 4.69) is 54.4 Å². The molecule has 1 aromatic rings. The molecule has 3 heteroatoms. The van der Waals surface area contributed by atoms with E-state index in [1.807, 2.05) is 0 Å². The van der Waals surface area contributed by atoms with Crippen molar-refractivity contribution in [2.24, 2.45) is 0 Å². The predicted octanol–water partition coefficient (Wildman–Crippen LogP) is 2.82. The van der Waals surface area contributed by atoms with Gasteiger partial charge in [0, 0.05) is 19.1 Å². The van der Waals surface area contributed by atoms with Crippen LogP contribution in [-0.4, -0.2) is 42.8 Å². The molecule has 0 aliphatic heterocycles. The molecule has 1 atom stereocenters. The third kappa shape index (κ3) is 6.51. The van der Waals surface area contributed by atoms with E-state index in [1.54, 1.807) is 0 Å². The summed E-state index contributed by atoms with van der Waals surface area (Å²) in [5.74, 6) is 0. The van der Waals surface area contributed by atoms with Crippen molar-refractivity contribution in [1.29, 1.82) is 0 Å². The molecule has 0 amide bonds. The maximum absolute atomic E-state index is 9.13. The second-order valence-electron chi connectivity index (χ2n) is 5.27. The molecule has 0 aliphatic rings. The maximum Gasteiger partial charge on any atom is 0.0558 e. The first-order valence-corrected chi connectivity index (χ1v) is 7.93. The fourth-order valence-corrected chi connectivity index (χ4v) is 2.50. The van der Waals surface area contributed by atoms with Crippen LogP contribution < -0.4 is 5.32 Å². The van der Waals surface area contributed by atoms with Crippen molar-refractivity contribution in [3.63, 3.8) is 0 Å². The van der Waals surface area contributed by atoms with Gasteiger partial charge >= 0.3 is 0 Å². The highest BCUT2D eigenvalue weighted by Gasteiger charge is 2.12. The van der Waals surface area contributed by atoms with E-state index in [4.69, 9.17) is 5.11 Å². The lowest BCUT2D eigenvalue weighted by atomic mass is 10.0. The quantitative estimate of drug-likeness (QED) is 0.653. The number of rotatable bonds is 11. The second kappa shape index (κ2) is 10.8. The molecule has 0 saturated carbocycles. The Morgan fingerprint density at radius 3 is 2.40 bits per heavy atom. The summed E-state index contributed by atoms with van der Waals surface area (Å²) in [5, 5.41) is 12.8. The van der Waals surface area contributed by atoms with E-state index in [0.29, 0.717) is 6.04 Å². The molecule has 1 unspecified atom stereocenters. The summed E-state index contributed by atoms with van der Waals surface area (Å²) in [5.41, 5.74) is 1.36. The number of hydrogen-bond acceptors (Lipinski definition) is 3. The van der Waals surface area contributed by atoms with E-state index in [0.717, 1.165) is 45.4 Å². The van der Waals surface area contributed by atoms with Crippen molar-refractivity contribution in [3.8, 4) is 0 Å². The molecule has 0 aromatic heterocycles. The van der Waals surface area contributed by atoms with Crippen LogP contribution in [-0.2, 0) is 0 Å². The number of aliphatic hydroxyl groups excluding tert-OH is 1. The highest BCUT2D eigenvalue weighted by atomic mass is 16.3. The van der Waals surface area contributed by atoms with E-state index < -0.39 is 0 Å². The number of nitrogens with one attached hydrogen (secondary N) is 1. The van der Waals surface area contributed by atoms with Crippen LogP contribution in [0.3, 0.4) is 0 Å². The zero-order valence-electron chi connectivity index (χ0n) is 13.0. The summed E-state index contributed by atoms with van der Waals surface area (Å²) in [6.45, 7) is 8.56. The molecule has 0 heterocycles. The summed E-state index contributed by atoms with van der Waals surface area (Å²) >= 11 is 0. The van der Waals surface area contributed by atoms with Gasteiger partial charge in [0.1, 0.15) is 0 Å². The van der Waals surface area contributed by atoms with Crippen LogP contribution in [0.1, 0.15) is 44.7 Å². The number of benzene rings is 1. The molecular weight excluding hydrogens is 248 g/mol. The molecule has 0 spiro atoms. The van der Waals surface area contributed by atoms with E-state index in [-0.39, 0.29) is 6.61 Å². The molecule has 20 heavy (non-hydrogen) atoms. The summed E-state index contributed by atoms with van der Waals surface area (Å²) in [6, 6.07) is 11.1. The Labute approximate surface area is 124 Å². The van der Waals surface area contributed by atoms with Gasteiger partial charge in [0.2, 0.25) is 0 Å². The predicted molar refractivity (Wildman–Crippen MR) is 85.9 cm³/mol. The van der Waals surface area contributed by atoms with Gasteiger partial charge in [-0.05, 0) is 37.9 Å². The van der Waals surface area contributed by atoms with Crippen molar-refractivity contribution in [2.45, 2.75) is 39.2 Å². The first kappa shape index (κ1) is 17.2. The second-order valence-corrected chi connectivity index (χ2v) is 5.27. The SMILES string of the molecule is CCCNC(CCN(CCC)CCO)c1ccccc1. The average Bonchev–Trinajstić information content (AvgIpc) is 2.48. The normalized spacial score (nSPS) is 12.8. The van der Waals surface area contributed by atoms with Crippen LogP contribution in [0, 0.1) is 0 Å². The lowest BCUT2D eigenvalue weighted by molar-refractivity contribution is 0.189. The fourth-order valence-electron chi connectivity index (χ4n) is 2.50. The van der Waals surface area contributed by atoms with Crippen LogP contribution in [0.5, 0.6) is 0 Å². The van der Waals surface area contributed by atoms with Crippen molar-refractivity contribution < 1.29 is 5.11 Å². The Morgan fingerprint density at radius 1 is 1.05 bits per heavy atom. The molecule has 0 aliphatic carbocycles. The van der Waals surface area contributed by atoms with Gasteiger partial charge < -0.3 is 15.3 Å². The maximum atomic E-state index is 9.13. The van der Waals surface area contributed by atoms with E-state index in [1.165, 1.54) is 5.56 Å². The Bertz CT molecular complexity index is 323. The molecule has 114 valence electrons. The van der Waals surface area contributed by atoms with Gasteiger partial charge in [-0.15, -0.1) is 0 Å². The van der Waals surface area contributed by atoms with E-state index >= 15 is 0 Å². The Balaban J connectivity index is 2.55. The summed E-state index contributed by atoms with van der Waals surface area (Å²) in [6.07, 6.45) is 3.38. The van der Waals surface area contributed by atoms with E-state index in [9.17, 15) is 0 Å². The van der Waals surface area contributed by atoms with Gasteiger partial charge in [-0.3, -0.25) is 0 Å². The molecule has 1 rings (SSSR count). The number of nitrogens with zero attached hydrogens (tertiary/aromatic N) is 1. The highest BCUT2D eigenvalue weighted by Crippen LogP contribution is 2.17. The van der Waals surface area contributed by atoms with Gasteiger partial charge in [0.05, 0.1) is 6.61 Å². The third-order valence-corrected chi connectivity index (χ3v) is 3.53. The standard InChI is InChI=1S/C17H30N2O/c1-3-11-18-17(16-8-6-5-7-9-16)10-13-19(12-4-2)14-15-20/h5-9,17-18,20H,3-4,10-15H2,1-2H3. The smallest absolute Gasteiger partial charge is 0.0558 e. The Hall–Kier alpha value is -0.900. The van der Waals surface area contributed by atoms with Gasteiger partial charge in [0.15, 0.2) is 0 Å². The molecule has 3 nitrogen and oxygen atoms in total. The summed E-state index contributed by atoms with van der Waals surface area (Å²) in [4.78, 5) is 2.35. The van der Waals surface area contributed by atoms with Crippen molar-refractivity contribution in [1.82, 2.24) is 10.2 Å². The number of hydrogen-bond donors (Lipinski definition) is 2. The zero-order chi connectivity index (χ0) is 14.6. The summed E-state index contributed by atoms with van der Waals surface area (Å²) < 4.78 is 0. The topological polar surface area (TPSA) is 35.5 Å². The minimum Gasteiger partial charge on any atom is -0.395 e. The largest absolute Gasteiger partial charge is 0.395 e. The van der Waals surface area contributed by atoms with Crippen LogP contribution >= 0.6 is 0 Å². The molecule has 2 N–H and O–H groups in total. The molecular formula is C17H30N2O. The van der Waals surface area contributed by atoms with Gasteiger partial charge in [-0.1, -0.05) is 44.2 Å². The molecule has 0 saturated heterocycles. The zero-order valence-corrected chi connectivity index (χ0v) is 13.0. The first-order chi connectivity index (χ1) is 9.81. The molecule has 0 bridgehead atoms. The third-order valence-electron chi connectivity index (χ3n) is 3.53. The van der Waals surface area contributed by atoms with Gasteiger partial charge in [0.25, 0.3) is 0 Å². The van der Waals surface area contributed by atoms with Crippen LogP contribution in [0.4, 0.5) is 0 Å². The lowest BCUT2D eigenvalue weighted by Gasteiger charge is -2.25. The van der Waals surface area contributed by atoms with Crippen molar-refractivity contribution >= 4 is 0 Å². The average molecular weight is 278 g/mol. The molecule has 0 radical (unpaired) electrons. The van der Waals surface area contributed by atoms with Crippen LogP contribution in [0.15, 0.2) is 30.3 Å². The van der Waals surface area contributed by atoms with Gasteiger partial charge in [-0.2, -0.15) is 0 Å². The Morgan fingerprint density at radius 2 is 1.80 bits per heavy atom. The summed E-state index contributed by atoms with van der Waals surface area (Å²) in [7, 11) is 0. The van der Waals surface area contributed by atoms with Crippen molar-refractivity contribution in [3.05, 3.63) is 35.9 Å². The Kier molecular flexibility index (Phi) is 9.29. The molecule has 0 fully saturated rings. The van der Waals surface area contributed by atoms with Crippen LogP contribution in [0.2, 0.25) is 0 Å². The number of aliphatic hydroxyl groups is 1. The minimum absolute atomic E-state index is 0.248. The van der Waals surface area contributed by atoms with Crippen LogP contribution in [0.25, 0.3) is 0 Å². The van der Waals surface area contributed by atoms with Crippen molar-refractivity contribution in [2.75, 3.05) is 32.8 Å². The molecule has 1 aromatic carbocycles. The fraction of sp³-hybridized carbons (Fsp3) is 0.647. The first-order valence-electron chi connectivity index (χ1n) is 7.93. The van der Waals surface area contributed by atoms with Gasteiger partial charge in [-0.25, -0.2) is 0 Å². The lowest BCUT2D eigenvalue weighted by Crippen LogP contribution is -2.32. The highest BCUT2D eigenvalue weighted by molar-refractivity contribution is 5.18. The minimum atomic E-state index is 0.248.